The van der Waals surface area contributed by atoms with Crippen molar-refractivity contribution in [2.24, 2.45) is 0 Å². The lowest BCUT2D eigenvalue weighted by Crippen LogP contribution is -2.51. The van der Waals surface area contributed by atoms with Crippen LogP contribution < -0.4 is 20.4 Å². The number of alkyl carbamates (subject to hydrolysis) is 2. The van der Waals surface area contributed by atoms with Crippen LogP contribution in [0, 0.1) is 0 Å². The number of hydrogen-bond acceptors (Lipinski definition) is 10. The molecule has 17 heteroatoms. The first kappa shape index (κ1) is 36.9. The third kappa shape index (κ3) is 7.95. The molecule has 3 fully saturated rings. The van der Waals surface area contributed by atoms with Gasteiger partial charge in [-0.15, -0.1) is 0 Å². The predicted octanol–water partition coefficient (Wildman–Crippen LogP) is 3.43. The summed E-state index contributed by atoms with van der Waals surface area (Å²) in [6.45, 7) is 2.09. The number of rotatable bonds is 10. The molecule has 0 aliphatic carbocycles. The predicted molar refractivity (Wildman–Crippen MR) is 200 cm³/mol. The number of carbonyl (C=O) groups is 5. The highest BCUT2D eigenvalue weighted by atomic mass is 16.5. The minimum absolute atomic E-state index is 0.0752. The Morgan fingerprint density at radius 3 is 2.29 bits per heavy atom. The number of likely N-dealkylation sites (tertiary alicyclic amines) is 2. The first-order valence-electron chi connectivity index (χ1n) is 18.3. The highest BCUT2D eigenvalue weighted by molar-refractivity contribution is 5.97. The Morgan fingerprint density at radius 2 is 1.56 bits per heavy atom. The van der Waals surface area contributed by atoms with Crippen molar-refractivity contribution in [3.8, 4) is 11.3 Å². The number of aromatic nitrogens is 4. The SMILES string of the molecule is COC(=O)NCC(=O)N1CCC[C@H]1c1cnc(N2CCN(c3ccc(-c4cnc([C@@H]5CCCN5C(=O)[C@H](NC(=O)OC)c5ccccc5)[nH]4)cc3)C(=O)C2)[nH]1. The van der Waals surface area contributed by atoms with E-state index in [1.165, 1.54) is 14.2 Å². The fraction of sp³-hybridized carbons (Fsp3) is 0.395. The van der Waals surface area contributed by atoms with Crippen LogP contribution in [0.3, 0.4) is 0 Å². The Morgan fingerprint density at radius 1 is 0.836 bits per heavy atom. The summed E-state index contributed by atoms with van der Waals surface area (Å²) in [5.74, 6) is 0.706. The largest absolute Gasteiger partial charge is 0.453 e. The van der Waals surface area contributed by atoms with Gasteiger partial charge in [-0.25, -0.2) is 19.6 Å². The van der Waals surface area contributed by atoms with Gasteiger partial charge in [0.15, 0.2) is 0 Å². The van der Waals surface area contributed by atoms with E-state index < -0.39 is 18.2 Å². The summed E-state index contributed by atoms with van der Waals surface area (Å²) in [6, 6.07) is 15.4. The van der Waals surface area contributed by atoms with Crippen LogP contribution in [0.4, 0.5) is 21.2 Å². The highest BCUT2D eigenvalue weighted by Crippen LogP contribution is 2.35. The number of hydrogen-bond donors (Lipinski definition) is 4. The van der Waals surface area contributed by atoms with E-state index in [4.69, 9.17) is 4.74 Å². The average Bonchev–Trinajstić information content (AvgIpc) is 4.06. The van der Waals surface area contributed by atoms with Gasteiger partial charge in [0.2, 0.25) is 17.8 Å². The average molecular weight is 753 g/mol. The molecule has 2 aromatic heterocycles. The van der Waals surface area contributed by atoms with E-state index in [1.807, 2.05) is 47.4 Å². The fourth-order valence-electron chi connectivity index (χ4n) is 7.56. The molecule has 0 bridgehead atoms. The van der Waals surface area contributed by atoms with Gasteiger partial charge in [0.05, 0.1) is 50.1 Å². The van der Waals surface area contributed by atoms with Crippen LogP contribution in [0.2, 0.25) is 0 Å². The van der Waals surface area contributed by atoms with Crippen molar-refractivity contribution in [1.29, 1.82) is 0 Å². The maximum Gasteiger partial charge on any atom is 0.407 e. The second kappa shape index (κ2) is 16.3. The number of piperazine rings is 1. The van der Waals surface area contributed by atoms with Crippen LogP contribution in [0.1, 0.15) is 60.9 Å². The third-order valence-corrected chi connectivity index (χ3v) is 10.4. The zero-order chi connectivity index (χ0) is 38.5. The first-order valence-corrected chi connectivity index (χ1v) is 18.3. The maximum atomic E-state index is 13.9. The number of methoxy groups -OCH3 is 2. The summed E-state index contributed by atoms with van der Waals surface area (Å²) >= 11 is 0. The van der Waals surface area contributed by atoms with Crippen molar-refractivity contribution in [2.75, 3.05) is 63.3 Å². The van der Waals surface area contributed by atoms with E-state index in [-0.39, 0.29) is 42.9 Å². The minimum atomic E-state index is -0.901. The van der Waals surface area contributed by atoms with E-state index in [0.717, 1.165) is 48.3 Å². The van der Waals surface area contributed by atoms with E-state index in [0.29, 0.717) is 43.5 Å². The second-order valence-electron chi connectivity index (χ2n) is 13.6. The van der Waals surface area contributed by atoms with E-state index in [2.05, 4.69) is 35.3 Å². The number of ether oxygens (including phenoxy) is 2. The first-order chi connectivity index (χ1) is 26.7. The lowest BCUT2D eigenvalue weighted by Gasteiger charge is -2.34. The Balaban J connectivity index is 0.968. The van der Waals surface area contributed by atoms with Crippen molar-refractivity contribution < 1.29 is 33.4 Å². The van der Waals surface area contributed by atoms with Crippen molar-refractivity contribution >= 4 is 41.5 Å². The lowest BCUT2D eigenvalue weighted by molar-refractivity contribution is -0.134. The van der Waals surface area contributed by atoms with Gasteiger partial charge in [0.25, 0.3) is 5.91 Å². The molecule has 7 rings (SSSR count). The summed E-state index contributed by atoms with van der Waals surface area (Å²) in [4.78, 5) is 86.7. The molecular formula is C38H44N10O7. The summed E-state index contributed by atoms with van der Waals surface area (Å²) in [5, 5.41) is 5.13. The fourth-order valence-corrected chi connectivity index (χ4v) is 7.56. The summed E-state index contributed by atoms with van der Waals surface area (Å²) in [5.41, 5.74) is 3.87. The number of H-pyrrole nitrogens is 2. The topological polar surface area (TPSA) is 198 Å². The Hall–Kier alpha value is -6.39. The van der Waals surface area contributed by atoms with Gasteiger partial charge in [0, 0.05) is 31.9 Å². The number of amides is 5. The number of nitrogens with zero attached hydrogens (tertiary/aromatic N) is 6. The van der Waals surface area contributed by atoms with Gasteiger partial charge in [-0.05, 0) is 48.9 Å². The number of imidazole rings is 2. The lowest BCUT2D eigenvalue weighted by atomic mass is 10.1. The minimum Gasteiger partial charge on any atom is -0.453 e. The van der Waals surface area contributed by atoms with E-state index in [9.17, 15) is 24.0 Å². The molecule has 55 heavy (non-hydrogen) atoms. The molecule has 0 saturated carbocycles. The van der Waals surface area contributed by atoms with Crippen LogP contribution >= 0.6 is 0 Å². The van der Waals surface area contributed by atoms with Gasteiger partial charge in [0.1, 0.15) is 25.0 Å². The smallest absolute Gasteiger partial charge is 0.407 e. The zero-order valence-electron chi connectivity index (χ0n) is 30.7. The van der Waals surface area contributed by atoms with E-state index in [1.54, 1.807) is 39.2 Å². The molecule has 5 heterocycles. The number of nitrogens with one attached hydrogen (secondary N) is 4. The molecule has 4 N–H and O–H groups in total. The molecule has 0 spiro atoms. The molecule has 3 aliphatic heterocycles. The molecular weight excluding hydrogens is 708 g/mol. The summed E-state index contributed by atoms with van der Waals surface area (Å²) < 4.78 is 9.37. The third-order valence-electron chi connectivity index (χ3n) is 10.4. The van der Waals surface area contributed by atoms with Gasteiger partial charge < -0.3 is 49.7 Å². The quantitative estimate of drug-likeness (QED) is 0.186. The number of benzene rings is 2. The van der Waals surface area contributed by atoms with Crippen LogP contribution in [0.25, 0.3) is 11.3 Å². The van der Waals surface area contributed by atoms with Gasteiger partial charge in [-0.3, -0.25) is 14.4 Å². The maximum absolute atomic E-state index is 13.9. The van der Waals surface area contributed by atoms with E-state index >= 15 is 0 Å². The van der Waals surface area contributed by atoms with Crippen LogP contribution in [0.15, 0.2) is 67.0 Å². The molecule has 17 nitrogen and oxygen atoms in total. The van der Waals surface area contributed by atoms with Crippen LogP contribution in [-0.2, 0) is 23.9 Å². The molecule has 3 atom stereocenters. The van der Waals surface area contributed by atoms with Crippen LogP contribution in [-0.4, -0.2) is 113 Å². The van der Waals surface area contributed by atoms with Gasteiger partial charge in [-0.1, -0.05) is 42.5 Å². The zero-order valence-corrected chi connectivity index (χ0v) is 30.7. The van der Waals surface area contributed by atoms with Gasteiger partial charge >= 0.3 is 12.2 Å². The molecule has 3 aliphatic rings. The Bertz CT molecular complexity index is 2020. The summed E-state index contributed by atoms with van der Waals surface area (Å²) in [6.07, 6.45) is 5.21. The number of anilines is 2. The molecule has 0 unspecified atom stereocenters. The molecule has 5 amide bonds. The monoisotopic (exact) mass is 752 g/mol. The Kier molecular flexibility index (Phi) is 11.0. The summed E-state index contributed by atoms with van der Waals surface area (Å²) in [7, 11) is 2.51. The molecule has 288 valence electrons. The second-order valence-corrected chi connectivity index (χ2v) is 13.6. The van der Waals surface area contributed by atoms with Gasteiger partial charge in [-0.2, -0.15) is 0 Å². The van der Waals surface area contributed by atoms with Crippen LogP contribution in [0.5, 0.6) is 0 Å². The Labute approximate surface area is 317 Å². The van der Waals surface area contributed by atoms with Crippen molar-refractivity contribution in [2.45, 2.75) is 43.8 Å². The van der Waals surface area contributed by atoms with Crippen molar-refractivity contribution in [3.63, 3.8) is 0 Å². The van der Waals surface area contributed by atoms with Crippen molar-refractivity contribution in [1.82, 2.24) is 40.4 Å². The number of carbonyl (C=O) groups excluding carboxylic acids is 5. The highest BCUT2D eigenvalue weighted by Gasteiger charge is 2.37. The van der Waals surface area contributed by atoms with Crippen molar-refractivity contribution in [3.05, 3.63) is 84.1 Å². The standard InChI is InChI=1S/C38H44N10O7/c1-54-37(52)41-22-31(49)47-16-6-10-29(47)28-21-40-36(43-28)45-18-19-46(32(50)23-45)26-14-12-24(13-15-26)27-20-39-34(42-27)30-11-7-17-48(30)35(51)33(44-38(53)55-2)25-8-4-3-5-9-25/h3-5,8-9,12-15,20-21,29-30,33H,6-7,10-11,16-19,22-23H2,1-2H3,(H,39,42)(H,40,43)(H,41,52)(H,44,53)/t29-,30-,33+/m0/s1. The molecule has 3 saturated heterocycles. The molecule has 4 aromatic rings. The molecule has 2 aromatic carbocycles. The normalized spacial score (nSPS) is 19.0. The molecule has 0 radical (unpaired) electrons. The number of aromatic amines is 2.